The lowest BCUT2D eigenvalue weighted by Gasteiger charge is -2.27. The summed E-state index contributed by atoms with van der Waals surface area (Å²) in [5, 5.41) is 5.27. The molecule has 1 aromatic carbocycles. The zero-order valence-electron chi connectivity index (χ0n) is 22.0. The molecule has 2 amide bonds. The Morgan fingerprint density at radius 1 is 1.15 bits per heavy atom. The number of nitrogens with zero attached hydrogens (tertiary/aromatic N) is 5. The van der Waals surface area contributed by atoms with Gasteiger partial charge in [-0.25, -0.2) is 18.6 Å². The number of halogens is 2. The molecule has 214 valence electrons. The van der Waals surface area contributed by atoms with Gasteiger partial charge >= 0.3 is 6.09 Å². The molecule has 1 aliphatic heterocycles. The molecular weight excluding hydrogens is 528 g/mol. The number of carbonyl (C=O) groups is 2. The Morgan fingerprint density at radius 3 is 2.73 bits per heavy atom. The van der Waals surface area contributed by atoms with E-state index in [9.17, 15) is 18.4 Å². The fourth-order valence-corrected chi connectivity index (χ4v) is 4.99. The zero-order chi connectivity index (χ0) is 28.1. The second-order valence-electron chi connectivity index (χ2n) is 9.66. The number of morpholine rings is 1. The first-order valence-corrected chi connectivity index (χ1v) is 13.1. The van der Waals surface area contributed by atoms with Gasteiger partial charge in [0, 0.05) is 25.2 Å². The van der Waals surface area contributed by atoms with Crippen molar-refractivity contribution in [1.82, 2.24) is 30.2 Å². The summed E-state index contributed by atoms with van der Waals surface area (Å²) >= 11 is 0. The number of alkyl carbamates (subject to hydrolysis) is 1. The molecule has 1 saturated carbocycles. The highest BCUT2D eigenvalue weighted by molar-refractivity contribution is 5.82. The van der Waals surface area contributed by atoms with Crippen LogP contribution in [0.5, 0.6) is 5.88 Å². The van der Waals surface area contributed by atoms with Gasteiger partial charge in [0.25, 0.3) is 6.43 Å². The molecular formula is C26H31F2N7O5. The topological polar surface area (TPSA) is 133 Å². The number of carbonyl (C=O) groups excluding carboxylic acids is 2. The number of fused-ring (bicyclic) bond motifs is 1. The van der Waals surface area contributed by atoms with Gasteiger partial charge in [0.2, 0.25) is 17.7 Å². The SMILES string of the molecule is COC(=O)NCC(=O)N[C@H]1CCC(COc2cc(-n3c(C(F)F)nc4ccccc43)nc(N3CCOCC3)n2)C1. The molecule has 2 aliphatic rings. The van der Waals surface area contributed by atoms with Crippen LogP contribution in [0, 0.1) is 5.92 Å². The Hall–Kier alpha value is -4.07. The van der Waals surface area contributed by atoms with Crippen LogP contribution in [0.25, 0.3) is 16.9 Å². The number of imidazole rings is 1. The van der Waals surface area contributed by atoms with Crippen LogP contribution in [0.4, 0.5) is 19.5 Å². The Kier molecular flexibility index (Phi) is 8.53. The summed E-state index contributed by atoms with van der Waals surface area (Å²) in [6.07, 6.45) is -1.19. The van der Waals surface area contributed by atoms with Crippen molar-refractivity contribution < 1.29 is 32.6 Å². The number of rotatable bonds is 9. The van der Waals surface area contributed by atoms with Gasteiger partial charge in [-0.1, -0.05) is 12.1 Å². The first-order chi connectivity index (χ1) is 19.4. The summed E-state index contributed by atoms with van der Waals surface area (Å²) in [5.41, 5.74) is 0.944. The molecule has 2 aromatic heterocycles. The van der Waals surface area contributed by atoms with Crippen molar-refractivity contribution in [2.75, 3.05) is 51.5 Å². The van der Waals surface area contributed by atoms with Crippen molar-refractivity contribution in [1.29, 1.82) is 0 Å². The maximum atomic E-state index is 14.1. The maximum Gasteiger partial charge on any atom is 0.407 e. The maximum absolute atomic E-state index is 14.1. The van der Waals surface area contributed by atoms with Crippen LogP contribution < -0.4 is 20.3 Å². The molecule has 2 N–H and O–H groups in total. The minimum Gasteiger partial charge on any atom is -0.477 e. The average molecular weight is 560 g/mol. The number of alkyl halides is 2. The molecule has 0 spiro atoms. The van der Waals surface area contributed by atoms with Gasteiger partial charge in [-0.3, -0.25) is 9.36 Å². The highest BCUT2D eigenvalue weighted by atomic mass is 19.3. The highest BCUT2D eigenvalue weighted by Crippen LogP contribution is 2.31. The summed E-state index contributed by atoms with van der Waals surface area (Å²) in [5.74, 6) is 0.312. The number of amides is 2. The predicted molar refractivity (Wildman–Crippen MR) is 140 cm³/mol. The standard InChI is InChI=1S/C26H31F2N7O5/c1-38-26(37)29-14-21(36)30-17-7-6-16(12-17)15-40-22-13-20(32-25(33-22)34-8-10-39-11-9-34)35-19-5-3-2-4-18(19)31-24(35)23(27)28/h2-5,13,16-17,23H,6-12,14-15H2,1H3,(H,29,37)(H,30,36)/t16?,17-/m0/s1. The molecule has 40 heavy (non-hydrogen) atoms. The lowest BCUT2D eigenvalue weighted by atomic mass is 10.1. The number of aromatic nitrogens is 4. The molecule has 12 nitrogen and oxygen atoms in total. The van der Waals surface area contributed by atoms with Gasteiger partial charge < -0.3 is 29.7 Å². The van der Waals surface area contributed by atoms with E-state index in [1.807, 2.05) is 4.90 Å². The third-order valence-corrected chi connectivity index (χ3v) is 6.93. The number of hydrogen-bond donors (Lipinski definition) is 2. The van der Waals surface area contributed by atoms with Crippen LogP contribution in [0.3, 0.4) is 0 Å². The van der Waals surface area contributed by atoms with Crippen LogP contribution >= 0.6 is 0 Å². The quantitative estimate of drug-likeness (QED) is 0.406. The van der Waals surface area contributed by atoms with Gasteiger partial charge in [0.05, 0.1) is 38.0 Å². The summed E-state index contributed by atoms with van der Waals surface area (Å²) in [6.45, 7) is 2.29. The number of para-hydroxylation sites is 2. The molecule has 0 radical (unpaired) electrons. The molecule has 3 heterocycles. The van der Waals surface area contributed by atoms with Gasteiger partial charge in [0.1, 0.15) is 12.4 Å². The average Bonchev–Trinajstić information content (AvgIpc) is 3.59. The lowest BCUT2D eigenvalue weighted by Crippen LogP contribution is -2.41. The largest absolute Gasteiger partial charge is 0.477 e. The molecule has 2 atom stereocenters. The summed E-state index contributed by atoms with van der Waals surface area (Å²) in [4.78, 5) is 38.6. The monoisotopic (exact) mass is 559 g/mol. The lowest BCUT2D eigenvalue weighted by molar-refractivity contribution is -0.120. The molecule has 14 heteroatoms. The van der Waals surface area contributed by atoms with Crippen molar-refractivity contribution in [3.63, 3.8) is 0 Å². The van der Waals surface area contributed by atoms with Crippen LogP contribution in [0.2, 0.25) is 0 Å². The fraction of sp³-hybridized carbons (Fsp3) is 0.500. The van der Waals surface area contributed by atoms with Crippen LogP contribution in [0.1, 0.15) is 31.5 Å². The third kappa shape index (κ3) is 6.38. The van der Waals surface area contributed by atoms with E-state index >= 15 is 0 Å². The van der Waals surface area contributed by atoms with E-state index in [1.165, 1.54) is 11.7 Å². The minimum atomic E-state index is -2.81. The number of anilines is 1. The number of nitrogens with one attached hydrogen (secondary N) is 2. The van der Waals surface area contributed by atoms with E-state index in [0.717, 1.165) is 12.8 Å². The van der Waals surface area contributed by atoms with Crippen molar-refractivity contribution in [2.24, 2.45) is 5.92 Å². The molecule has 1 unspecified atom stereocenters. The smallest absolute Gasteiger partial charge is 0.407 e. The first kappa shape index (κ1) is 27.5. The summed E-state index contributed by atoms with van der Waals surface area (Å²) < 4.78 is 45.5. The number of benzene rings is 1. The van der Waals surface area contributed by atoms with Crippen molar-refractivity contribution >= 4 is 29.0 Å². The van der Waals surface area contributed by atoms with Crippen molar-refractivity contribution in [3.05, 3.63) is 36.2 Å². The summed E-state index contributed by atoms with van der Waals surface area (Å²) in [7, 11) is 1.23. The van der Waals surface area contributed by atoms with E-state index in [0.29, 0.717) is 56.3 Å². The minimum absolute atomic E-state index is 0.0451. The zero-order valence-corrected chi connectivity index (χ0v) is 22.0. The number of hydrogen-bond acceptors (Lipinski definition) is 9. The Balaban J connectivity index is 1.33. The van der Waals surface area contributed by atoms with E-state index in [-0.39, 0.29) is 36.1 Å². The third-order valence-electron chi connectivity index (χ3n) is 6.93. The predicted octanol–water partition coefficient (Wildman–Crippen LogP) is 2.61. The van der Waals surface area contributed by atoms with Crippen LogP contribution in [-0.4, -0.2) is 84.1 Å². The van der Waals surface area contributed by atoms with E-state index < -0.39 is 18.3 Å². The molecule has 2 fully saturated rings. The highest BCUT2D eigenvalue weighted by Gasteiger charge is 2.28. The Labute approximate surface area is 229 Å². The Morgan fingerprint density at radius 2 is 1.95 bits per heavy atom. The Bertz CT molecular complexity index is 1350. The first-order valence-electron chi connectivity index (χ1n) is 13.1. The van der Waals surface area contributed by atoms with Gasteiger partial charge in [-0.15, -0.1) is 0 Å². The fourth-order valence-electron chi connectivity index (χ4n) is 4.99. The number of ether oxygens (including phenoxy) is 3. The van der Waals surface area contributed by atoms with Crippen LogP contribution in [0.15, 0.2) is 30.3 Å². The molecule has 3 aromatic rings. The molecule has 0 bridgehead atoms. The molecule has 1 saturated heterocycles. The number of methoxy groups -OCH3 is 1. The molecule has 5 rings (SSSR count). The van der Waals surface area contributed by atoms with Crippen molar-refractivity contribution in [3.8, 4) is 11.7 Å². The molecule has 1 aliphatic carbocycles. The van der Waals surface area contributed by atoms with Gasteiger partial charge in [-0.05, 0) is 37.3 Å². The van der Waals surface area contributed by atoms with Crippen molar-refractivity contribution in [2.45, 2.75) is 31.7 Å². The normalized spacial score (nSPS) is 19.1. The van der Waals surface area contributed by atoms with E-state index in [2.05, 4.69) is 30.3 Å². The second-order valence-corrected chi connectivity index (χ2v) is 9.66. The van der Waals surface area contributed by atoms with Gasteiger partial charge in [-0.2, -0.15) is 9.97 Å². The van der Waals surface area contributed by atoms with Gasteiger partial charge in [0.15, 0.2) is 5.82 Å². The second kappa shape index (κ2) is 12.4. The van der Waals surface area contributed by atoms with E-state index in [1.54, 1.807) is 30.3 Å². The van der Waals surface area contributed by atoms with Crippen LogP contribution in [-0.2, 0) is 14.3 Å². The van der Waals surface area contributed by atoms with E-state index in [4.69, 9.17) is 9.47 Å². The summed E-state index contributed by atoms with van der Waals surface area (Å²) in [6, 6.07) is 8.42.